The number of nitrogens with one attached hydrogen (secondary N) is 1. The van der Waals surface area contributed by atoms with Gasteiger partial charge < -0.3 is 5.32 Å². The van der Waals surface area contributed by atoms with Crippen molar-refractivity contribution < 1.29 is 17.6 Å². The Hall–Kier alpha value is -1.48. The topological polar surface area (TPSA) is 66.5 Å². The van der Waals surface area contributed by atoms with Crippen molar-refractivity contribution in [1.82, 2.24) is 9.62 Å². The summed E-state index contributed by atoms with van der Waals surface area (Å²) in [5.41, 5.74) is 0.231. The molecule has 0 spiro atoms. The number of thiophene rings is 1. The lowest BCUT2D eigenvalue weighted by Gasteiger charge is -2.08. The number of nitrogens with zero attached hydrogens (tertiary/aromatic N) is 1. The van der Waals surface area contributed by atoms with E-state index in [1.807, 2.05) is 0 Å². The number of carbonyl (C=O) groups is 1. The van der Waals surface area contributed by atoms with E-state index in [-0.39, 0.29) is 21.3 Å². The van der Waals surface area contributed by atoms with Gasteiger partial charge in [0, 0.05) is 24.5 Å². The minimum absolute atomic E-state index is 0.131. The van der Waals surface area contributed by atoms with Crippen molar-refractivity contribution in [1.29, 1.82) is 0 Å². The van der Waals surface area contributed by atoms with Crippen molar-refractivity contribution in [3.8, 4) is 0 Å². The van der Waals surface area contributed by atoms with Crippen LogP contribution in [0.1, 0.15) is 15.2 Å². The van der Waals surface area contributed by atoms with Gasteiger partial charge in [-0.05, 0) is 30.3 Å². The molecule has 0 saturated heterocycles. The van der Waals surface area contributed by atoms with Gasteiger partial charge in [-0.3, -0.25) is 4.79 Å². The molecule has 1 amide bonds. The summed E-state index contributed by atoms with van der Waals surface area (Å²) >= 11 is 6.71. The molecule has 1 N–H and O–H groups in total. The largest absolute Gasteiger partial charge is 0.347 e. The van der Waals surface area contributed by atoms with Gasteiger partial charge in [-0.1, -0.05) is 11.6 Å². The van der Waals surface area contributed by atoms with Crippen LogP contribution in [0.15, 0.2) is 34.5 Å². The Morgan fingerprint density at radius 1 is 1.30 bits per heavy atom. The van der Waals surface area contributed by atoms with Gasteiger partial charge in [0.15, 0.2) is 0 Å². The molecule has 2 rings (SSSR count). The smallest absolute Gasteiger partial charge is 0.252 e. The first-order chi connectivity index (χ1) is 10.7. The highest BCUT2D eigenvalue weighted by Crippen LogP contribution is 2.23. The molecule has 23 heavy (non-hydrogen) atoms. The Morgan fingerprint density at radius 3 is 2.61 bits per heavy atom. The van der Waals surface area contributed by atoms with Gasteiger partial charge in [-0.15, -0.1) is 11.3 Å². The van der Waals surface area contributed by atoms with Gasteiger partial charge in [0.1, 0.15) is 10.0 Å². The lowest BCUT2D eigenvalue weighted by Crippen LogP contribution is -2.22. The van der Waals surface area contributed by atoms with E-state index in [1.54, 1.807) is 6.07 Å². The molecule has 0 atom stereocenters. The van der Waals surface area contributed by atoms with Crippen LogP contribution >= 0.6 is 22.9 Å². The Morgan fingerprint density at radius 2 is 2.00 bits per heavy atom. The van der Waals surface area contributed by atoms with Crippen LogP contribution in [0.4, 0.5) is 4.39 Å². The Bertz CT molecular complexity index is 834. The number of amides is 1. The van der Waals surface area contributed by atoms with E-state index in [1.165, 1.54) is 32.3 Å². The van der Waals surface area contributed by atoms with Crippen molar-refractivity contribution >= 4 is 38.9 Å². The van der Waals surface area contributed by atoms with Crippen molar-refractivity contribution in [2.45, 2.75) is 10.8 Å². The molecule has 0 fully saturated rings. The van der Waals surface area contributed by atoms with E-state index in [4.69, 9.17) is 11.6 Å². The Kier molecular flexibility index (Phi) is 5.41. The van der Waals surface area contributed by atoms with Gasteiger partial charge in [-0.2, -0.15) is 0 Å². The third-order valence-corrected chi connectivity index (χ3v) is 6.63. The predicted octanol–water partition coefficient (Wildman–Crippen LogP) is 2.72. The summed E-state index contributed by atoms with van der Waals surface area (Å²) in [7, 11) is -0.571. The second-order valence-electron chi connectivity index (χ2n) is 4.82. The quantitative estimate of drug-likeness (QED) is 0.872. The molecule has 1 heterocycles. The molecule has 9 heteroatoms. The normalized spacial score (nSPS) is 11.7. The number of hydrogen-bond donors (Lipinski definition) is 1. The highest BCUT2D eigenvalue weighted by Gasteiger charge is 2.19. The average Bonchev–Trinajstić information content (AvgIpc) is 2.97. The Balaban J connectivity index is 2.05. The summed E-state index contributed by atoms with van der Waals surface area (Å²) < 4.78 is 38.3. The van der Waals surface area contributed by atoms with Crippen molar-refractivity contribution in [3.63, 3.8) is 0 Å². The van der Waals surface area contributed by atoms with E-state index in [0.29, 0.717) is 4.88 Å². The summed E-state index contributed by atoms with van der Waals surface area (Å²) in [5.74, 6) is -1.02. The molecular formula is C14H14ClFN2O3S2. The van der Waals surface area contributed by atoms with E-state index >= 15 is 0 Å². The number of hydrogen-bond acceptors (Lipinski definition) is 4. The SMILES string of the molecule is CN(C)S(=O)(=O)c1ccc(CNC(=O)c2ccc(F)c(Cl)c2)s1. The van der Waals surface area contributed by atoms with Crippen LogP contribution in [0, 0.1) is 5.82 Å². The summed E-state index contributed by atoms with van der Waals surface area (Å²) in [6, 6.07) is 6.81. The first-order valence-corrected chi connectivity index (χ1v) is 9.10. The van der Waals surface area contributed by atoms with Crippen molar-refractivity contribution in [2.24, 2.45) is 0 Å². The van der Waals surface area contributed by atoms with Gasteiger partial charge in [0.05, 0.1) is 11.6 Å². The molecular weight excluding hydrogens is 363 g/mol. The monoisotopic (exact) mass is 376 g/mol. The molecule has 0 aliphatic heterocycles. The zero-order chi connectivity index (χ0) is 17.2. The van der Waals surface area contributed by atoms with E-state index in [2.05, 4.69) is 5.32 Å². The highest BCUT2D eigenvalue weighted by molar-refractivity contribution is 7.91. The third kappa shape index (κ3) is 4.08. The molecule has 5 nitrogen and oxygen atoms in total. The van der Waals surface area contributed by atoms with E-state index in [9.17, 15) is 17.6 Å². The summed E-state index contributed by atoms with van der Waals surface area (Å²) in [6.45, 7) is 0.168. The maximum atomic E-state index is 13.1. The van der Waals surface area contributed by atoms with Crippen LogP contribution in [0.5, 0.6) is 0 Å². The standard InChI is InChI=1S/C14H14ClFN2O3S2/c1-18(2)23(20,21)13-6-4-10(22-13)8-17-14(19)9-3-5-12(16)11(15)7-9/h3-7H,8H2,1-2H3,(H,17,19). The fourth-order valence-electron chi connectivity index (χ4n) is 1.68. The van der Waals surface area contributed by atoms with E-state index in [0.717, 1.165) is 21.7 Å². The maximum Gasteiger partial charge on any atom is 0.252 e. The summed E-state index contributed by atoms with van der Waals surface area (Å²) in [4.78, 5) is 12.7. The van der Waals surface area contributed by atoms with Crippen LogP contribution in [-0.2, 0) is 16.6 Å². The molecule has 1 aromatic heterocycles. The summed E-state index contributed by atoms with van der Waals surface area (Å²) in [5, 5.41) is 2.51. The fourth-order valence-corrected chi connectivity index (χ4v) is 4.32. The predicted molar refractivity (Wildman–Crippen MR) is 87.8 cm³/mol. The van der Waals surface area contributed by atoms with Gasteiger partial charge in [-0.25, -0.2) is 17.1 Å². The summed E-state index contributed by atoms with van der Waals surface area (Å²) in [6.07, 6.45) is 0. The number of carbonyl (C=O) groups excluding carboxylic acids is 1. The minimum atomic E-state index is -3.48. The van der Waals surface area contributed by atoms with E-state index < -0.39 is 21.7 Å². The molecule has 1 aromatic carbocycles. The van der Waals surface area contributed by atoms with Gasteiger partial charge >= 0.3 is 0 Å². The molecule has 0 unspecified atom stereocenters. The first kappa shape index (κ1) is 17.9. The van der Waals surface area contributed by atoms with Crippen molar-refractivity contribution in [3.05, 3.63) is 51.6 Å². The second kappa shape index (κ2) is 6.96. The zero-order valence-electron chi connectivity index (χ0n) is 12.3. The molecule has 0 saturated carbocycles. The number of sulfonamides is 1. The maximum absolute atomic E-state index is 13.1. The lowest BCUT2D eigenvalue weighted by atomic mass is 10.2. The molecule has 0 bridgehead atoms. The lowest BCUT2D eigenvalue weighted by molar-refractivity contribution is 0.0951. The molecule has 0 aliphatic rings. The second-order valence-corrected chi connectivity index (χ2v) is 8.77. The minimum Gasteiger partial charge on any atom is -0.347 e. The molecule has 124 valence electrons. The first-order valence-electron chi connectivity index (χ1n) is 6.46. The third-order valence-electron chi connectivity index (χ3n) is 2.98. The number of rotatable bonds is 5. The average molecular weight is 377 g/mol. The molecule has 0 radical (unpaired) electrons. The van der Waals surface area contributed by atoms with Gasteiger partial charge in [0.2, 0.25) is 0 Å². The number of halogens is 2. The van der Waals surface area contributed by atoms with Crippen LogP contribution in [0.3, 0.4) is 0 Å². The Labute approximate surface area is 142 Å². The highest BCUT2D eigenvalue weighted by atomic mass is 35.5. The van der Waals surface area contributed by atoms with Crippen LogP contribution in [-0.4, -0.2) is 32.7 Å². The van der Waals surface area contributed by atoms with Gasteiger partial charge in [0.25, 0.3) is 15.9 Å². The zero-order valence-corrected chi connectivity index (χ0v) is 14.7. The van der Waals surface area contributed by atoms with Crippen molar-refractivity contribution in [2.75, 3.05) is 14.1 Å². The van der Waals surface area contributed by atoms with Crippen LogP contribution in [0.2, 0.25) is 5.02 Å². The fraction of sp³-hybridized carbons (Fsp3) is 0.214. The van der Waals surface area contributed by atoms with Crippen LogP contribution in [0.25, 0.3) is 0 Å². The molecule has 2 aromatic rings. The number of benzene rings is 1. The molecule has 0 aliphatic carbocycles. The van der Waals surface area contributed by atoms with Crippen LogP contribution < -0.4 is 5.32 Å².